The number of benzene rings is 3. The third-order valence-electron chi connectivity index (χ3n) is 4.36. The number of halogens is 1. The fourth-order valence-corrected chi connectivity index (χ4v) is 4.86. The first-order valence-electron chi connectivity index (χ1n) is 8.73. The Bertz CT molecular complexity index is 1200. The second kappa shape index (κ2) is 7.47. The second-order valence-electron chi connectivity index (χ2n) is 6.24. The Morgan fingerprint density at radius 3 is 2.61 bits per heavy atom. The molecule has 1 aromatic heterocycles. The van der Waals surface area contributed by atoms with E-state index < -0.39 is 0 Å². The summed E-state index contributed by atoms with van der Waals surface area (Å²) in [5.41, 5.74) is 3.04. The average Bonchev–Trinajstić information content (AvgIpc) is 3.20. The predicted molar refractivity (Wildman–Crippen MR) is 119 cm³/mol. The number of fused-ring (bicyclic) bond motifs is 2. The Balaban J connectivity index is 1.40. The first-order valence-corrected chi connectivity index (χ1v) is 10.8. The largest absolute Gasteiger partial charge is 0.455 e. The van der Waals surface area contributed by atoms with Crippen LogP contribution in [-0.2, 0) is 0 Å². The molecule has 4 aromatic rings. The number of ether oxygens (including phenoxy) is 1. The highest BCUT2D eigenvalue weighted by Gasteiger charge is 2.18. The number of para-hydroxylation sites is 1. The van der Waals surface area contributed by atoms with Crippen LogP contribution in [0.1, 0.15) is 10.6 Å². The molecule has 0 amide bonds. The summed E-state index contributed by atoms with van der Waals surface area (Å²) >= 11 is 9.56. The maximum absolute atomic E-state index is 6.21. The fraction of sp³-hybridized carbons (Fsp3) is 0. The molecule has 2 heterocycles. The molecule has 3 aromatic carbocycles. The molecule has 0 N–H and O–H groups in total. The highest BCUT2D eigenvalue weighted by atomic mass is 35.5. The van der Waals surface area contributed by atoms with Gasteiger partial charge in [-0.15, -0.1) is 11.3 Å². The quantitative estimate of drug-likeness (QED) is 0.296. The molecule has 0 saturated heterocycles. The summed E-state index contributed by atoms with van der Waals surface area (Å²) in [6.07, 6.45) is 4.00. The van der Waals surface area contributed by atoms with Gasteiger partial charge in [0.2, 0.25) is 0 Å². The van der Waals surface area contributed by atoms with Gasteiger partial charge < -0.3 is 4.74 Å². The zero-order valence-electron chi connectivity index (χ0n) is 14.6. The van der Waals surface area contributed by atoms with Gasteiger partial charge in [0.1, 0.15) is 16.5 Å². The van der Waals surface area contributed by atoms with Crippen molar-refractivity contribution in [2.24, 2.45) is 0 Å². The molecule has 136 valence electrons. The molecule has 0 bridgehead atoms. The van der Waals surface area contributed by atoms with E-state index in [-0.39, 0.29) is 0 Å². The SMILES string of the molecule is Clc1ccccc1/C=C/c1nc(-c2ccc3c(c2)Sc2ccccc2O3)cs1. The third-order valence-corrected chi connectivity index (χ3v) is 6.61. The summed E-state index contributed by atoms with van der Waals surface area (Å²) in [5.74, 6) is 1.80. The molecule has 2 nitrogen and oxygen atoms in total. The van der Waals surface area contributed by atoms with Crippen molar-refractivity contribution in [3.05, 3.63) is 87.7 Å². The predicted octanol–water partition coefficient (Wildman–Crippen LogP) is 7.89. The highest BCUT2D eigenvalue weighted by Crippen LogP contribution is 2.47. The maximum atomic E-state index is 6.21. The van der Waals surface area contributed by atoms with E-state index in [9.17, 15) is 0 Å². The minimum Gasteiger partial charge on any atom is -0.455 e. The van der Waals surface area contributed by atoms with Gasteiger partial charge in [0.25, 0.3) is 0 Å². The van der Waals surface area contributed by atoms with Crippen molar-refractivity contribution in [2.45, 2.75) is 9.79 Å². The van der Waals surface area contributed by atoms with Gasteiger partial charge in [-0.1, -0.05) is 59.8 Å². The second-order valence-corrected chi connectivity index (χ2v) is 8.62. The van der Waals surface area contributed by atoms with Gasteiger partial charge in [-0.2, -0.15) is 0 Å². The summed E-state index contributed by atoms with van der Waals surface area (Å²) in [6, 6.07) is 22.1. The minimum atomic E-state index is 0.738. The first kappa shape index (κ1) is 17.6. The lowest BCUT2D eigenvalue weighted by molar-refractivity contribution is 0.454. The normalized spacial score (nSPS) is 12.5. The molecule has 0 fully saturated rings. The lowest BCUT2D eigenvalue weighted by Gasteiger charge is -2.19. The number of hydrogen-bond donors (Lipinski definition) is 0. The molecule has 28 heavy (non-hydrogen) atoms. The van der Waals surface area contributed by atoms with Crippen LogP contribution in [0.15, 0.2) is 81.9 Å². The van der Waals surface area contributed by atoms with E-state index in [1.165, 1.54) is 0 Å². The van der Waals surface area contributed by atoms with Crippen molar-refractivity contribution in [1.82, 2.24) is 4.98 Å². The van der Waals surface area contributed by atoms with Crippen molar-refractivity contribution < 1.29 is 4.74 Å². The average molecular weight is 420 g/mol. The summed E-state index contributed by atoms with van der Waals surface area (Å²) < 4.78 is 6.01. The lowest BCUT2D eigenvalue weighted by atomic mass is 10.1. The zero-order chi connectivity index (χ0) is 18.9. The third kappa shape index (κ3) is 3.47. The lowest BCUT2D eigenvalue weighted by Crippen LogP contribution is -1.94. The zero-order valence-corrected chi connectivity index (χ0v) is 17.0. The first-order chi connectivity index (χ1) is 13.8. The van der Waals surface area contributed by atoms with Gasteiger partial charge in [-0.3, -0.25) is 0 Å². The van der Waals surface area contributed by atoms with Gasteiger partial charge in [-0.05, 0) is 48.0 Å². The van der Waals surface area contributed by atoms with Crippen LogP contribution in [-0.4, -0.2) is 4.98 Å². The van der Waals surface area contributed by atoms with Crippen LogP contribution in [0.2, 0.25) is 5.02 Å². The monoisotopic (exact) mass is 419 g/mol. The van der Waals surface area contributed by atoms with E-state index in [0.717, 1.165) is 48.1 Å². The van der Waals surface area contributed by atoms with Crippen LogP contribution in [0, 0.1) is 0 Å². The van der Waals surface area contributed by atoms with Crippen molar-refractivity contribution in [2.75, 3.05) is 0 Å². The molecule has 0 radical (unpaired) electrons. The molecule has 0 unspecified atom stereocenters. The van der Waals surface area contributed by atoms with Gasteiger partial charge in [0, 0.05) is 16.0 Å². The van der Waals surface area contributed by atoms with Crippen molar-refractivity contribution in [3.8, 4) is 22.8 Å². The van der Waals surface area contributed by atoms with Crippen LogP contribution in [0.3, 0.4) is 0 Å². The molecule has 0 spiro atoms. The number of rotatable bonds is 3. The Morgan fingerprint density at radius 1 is 0.857 bits per heavy atom. The standard InChI is InChI=1S/C23H14ClNOS2/c24-17-6-2-1-5-15(17)10-12-23-25-18(14-27-23)16-9-11-20-22(13-16)28-21-8-4-3-7-19(21)26-20/h1-14H/b12-10+. The van der Waals surface area contributed by atoms with E-state index >= 15 is 0 Å². The van der Waals surface area contributed by atoms with Crippen molar-refractivity contribution in [1.29, 1.82) is 0 Å². The molecule has 5 rings (SSSR count). The summed E-state index contributed by atoms with van der Waals surface area (Å²) in [6.45, 7) is 0. The van der Waals surface area contributed by atoms with Crippen LogP contribution in [0.5, 0.6) is 11.5 Å². The molecule has 1 aliphatic rings. The number of aromatic nitrogens is 1. The van der Waals surface area contributed by atoms with E-state index in [1.54, 1.807) is 23.1 Å². The highest BCUT2D eigenvalue weighted by molar-refractivity contribution is 7.99. The Labute approximate surface area is 176 Å². The van der Waals surface area contributed by atoms with E-state index in [2.05, 4.69) is 23.6 Å². The number of thiazole rings is 1. The molecular formula is C23H14ClNOS2. The molecule has 1 aliphatic heterocycles. The van der Waals surface area contributed by atoms with Crippen LogP contribution >= 0.6 is 34.7 Å². The summed E-state index contributed by atoms with van der Waals surface area (Å²) in [4.78, 5) is 7.00. The molecule has 5 heteroatoms. The smallest absolute Gasteiger partial charge is 0.141 e. The molecular weight excluding hydrogens is 406 g/mol. The topological polar surface area (TPSA) is 22.1 Å². The summed E-state index contributed by atoms with van der Waals surface area (Å²) in [7, 11) is 0. The fourth-order valence-electron chi connectivity index (χ4n) is 2.96. The Morgan fingerprint density at radius 2 is 1.68 bits per heavy atom. The van der Waals surface area contributed by atoms with Gasteiger partial charge in [-0.25, -0.2) is 4.98 Å². The van der Waals surface area contributed by atoms with E-state index in [0.29, 0.717) is 0 Å². The minimum absolute atomic E-state index is 0.738. The van der Waals surface area contributed by atoms with Gasteiger partial charge >= 0.3 is 0 Å². The Kier molecular flexibility index (Phi) is 4.69. The molecule has 0 saturated carbocycles. The van der Waals surface area contributed by atoms with Crippen LogP contribution < -0.4 is 4.74 Å². The van der Waals surface area contributed by atoms with E-state index in [1.807, 2.05) is 60.7 Å². The Hall–Kier alpha value is -2.53. The van der Waals surface area contributed by atoms with Gasteiger partial charge in [0.05, 0.1) is 15.5 Å². The van der Waals surface area contributed by atoms with Crippen molar-refractivity contribution in [3.63, 3.8) is 0 Å². The van der Waals surface area contributed by atoms with Crippen LogP contribution in [0.4, 0.5) is 0 Å². The molecule has 0 aliphatic carbocycles. The van der Waals surface area contributed by atoms with Crippen LogP contribution in [0.25, 0.3) is 23.4 Å². The van der Waals surface area contributed by atoms with Crippen molar-refractivity contribution >= 4 is 46.9 Å². The number of hydrogen-bond acceptors (Lipinski definition) is 4. The van der Waals surface area contributed by atoms with Gasteiger partial charge in [0.15, 0.2) is 0 Å². The maximum Gasteiger partial charge on any atom is 0.141 e. The summed E-state index contributed by atoms with van der Waals surface area (Å²) in [5, 5.41) is 3.76. The number of nitrogens with zero attached hydrogens (tertiary/aromatic N) is 1. The van der Waals surface area contributed by atoms with E-state index in [4.69, 9.17) is 21.3 Å². The molecule has 0 atom stereocenters.